The van der Waals surface area contributed by atoms with Crippen molar-refractivity contribution in [2.24, 2.45) is 5.41 Å². The predicted molar refractivity (Wildman–Crippen MR) is 115 cm³/mol. The van der Waals surface area contributed by atoms with Gasteiger partial charge < -0.3 is 15.2 Å². The van der Waals surface area contributed by atoms with Crippen molar-refractivity contribution in [2.45, 2.75) is 37.8 Å². The lowest BCUT2D eigenvalue weighted by molar-refractivity contribution is -0.192. The highest BCUT2D eigenvalue weighted by Gasteiger charge is 2.45. The molecule has 0 unspecified atom stereocenters. The van der Waals surface area contributed by atoms with Gasteiger partial charge in [-0.2, -0.15) is 13.2 Å². The molecule has 1 aliphatic rings. The number of carboxylic acid groups (broad SMARTS) is 1. The average Bonchev–Trinajstić information content (AvgIpc) is 2.78. The van der Waals surface area contributed by atoms with Crippen molar-refractivity contribution in [3.8, 4) is 17.6 Å². The van der Waals surface area contributed by atoms with Crippen molar-refractivity contribution in [3.63, 3.8) is 0 Å². The van der Waals surface area contributed by atoms with Crippen LogP contribution in [0, 0.1) is 17.3 Å². The number of carbonyl (C=O) groups is 2. The number of hydroxylamine groups is 2. The van der Waals surface area contributed by atoms with E-state index in [0.29, 0.717) is 36.7 Å². The van der Waals surface area contributed by atoms with Gasteiger partial charge in [0.05, 0.1) is 16.1 Å². The van der Waals surface area contributed by atoms with E-state index in [9.17, 15) is 31.6 Å². The molecule has 0 atom stereocenters. The first-order chi connectivity index (χ1) is 15.8. The highest BCUT2D eigenvalue weighted by Crippen LogP contribution is 2.35. The Balaban J connectivity index is 0.000000718. The number of nitrogens with one attached hydrogen (secondary N) is 1. The zero-order valence-corrected chi connectivity index (χ0v) is 19.5. The number of carbonyl (C=O) groups excluding carboxylic acids is 1. The average molecular weight is 509 g/mol. The quantitative estimate of drug-likeness (QED) is 0.290. The summed E-state index contributed by atoms with van der Waals surface area (Å²) in [5.74, 6) is 2.38. The summed E-state index contributed by atoms with van der Waals surface area (Å²) in [6.07, 6.45) is -4.36. The van der Waals surface area contributed by atoms with Gasteiger partial charge in [-0.25, -0.2) is 18.3 Å². The zero-order valence-electron chi connectivity index (χ0n) is 18.7. The van der Waals surface area contributed by atoms with Gasteiger partial charge in [-0.15, -0.1) is 5.92 Å². The van der Waals surface area contributed by atoms with E-state index in [2.05, 4.69) is 17.2 Å². The van der Waals surface area contributed by atoms with E-state index in [1.165, 1.54) is 12.1 Å². The number of ether oxygens (including phenoxy) is 1. The van der Waals surface area contributed by atoms with E-state index in [0.717, 1.165) is 0 Å². The summed E-state index contributed by atoms with van der Waals surface area (Å²) < 4.78 is 63.0. The molecule has 1 heterocycles. The molecule has 1 aliphatic heterocycles. The molecule has 1 aromatic carbocycles. The predicted octanol–water partition coefficient (Wildman–Crippen LogP) is 2.10. The Kier molecular flexibility index (Phi) is 10.8. The van der Waals surface area contributed by atoms with Gasteiger partial charge >= 0.3 is 12.1 Å². The van der Waals surface area contributed by atoms with Gasteiger partial charge in [0.1, 0.15) is 12.4 Å². The van der Waals surface area contributed by atoms with Crippen LogP contribution in [0.25, 0.3) is 0 Å². The monoisotopic (exact) mass is 508 g/mol. The Hall–Kier alpha value is -2.82. The van der Waals surface area contributed by atoms with E-state index in [4.69, 9.17) is 14.6 Å². The van der Waals surface area contributed by atoms with Crippen molar-refractivity contribution in [1.82, 2.24) is 10.4 Å². The number of rotatable bonds is 7. The molecule has 1 amide bonds. The number of amides is 1. The fourth-order valence-corrected chi connectivity index (χ4v) is 4.98. The summed E-state index contributed by atoms with van der Waals surface area (Å²) in [6.45, 7) is 4.76. The molecule has 190 valence electrons. The van der Waals surface area contributed by atoms with Crippen LogP contribution in [0.3, 0.4) is 0 Å². The third-order valence-corrected chi connectivity index (χ3v) is 6.85. The molecule has 0 spiro atoms. The summed E-state index contributed by atoms with van der Waals surface area (Å²) in [6, 6.07) is 6.09. The molecule has 1 aromatic rings. The lowest BCUT2D eigenvalue weighted by Crippen LogP contribution is -2.51. The fraction of sp³-hybridized carbons (Fsp3) is 0.524. The maximum atomic E-state index is 13.0. The van der Waals surface area contributed by atoms with Gasteiger partial charge in [-0.1, -0.05) is 5.92 Å². The SMILES string of the molecule is CC#CCOc1ccc(S(=O)(=O)CC2(C(=O)N(O)CC)CCNCC2)cc1.O=C(O)C(F)(F)F. The molecule has 13 heteroatoms. The minimum atomic E-state index is -5.08. The first kappa shape index (κ1) is 29.2. The second-order valence-corrected chi connectivity index (χ2v) is 9.29. The van der Waals surface area contributed by atoms with Crippen LogP contribution < -0.4 is 10.1 Å². The van der Waals surface area contributed by atoms with Crippen molar-refractivity contribution in [3.05, 3.63) is 24.3 Å². The molecule has 0 aliphatic carbocycles. The van der Waals surface area contributed by atoms with Crippen LogP contribution in [0.5, 0.6) is 5.75 Å². The van der Waals surface area contributed by atoms with Gasteiger partial charge in [-0.05, 0) is 64.0 Å². The van der Waals surface area contributed by atoms with E-state index >= 15 is 0 Å². The topological polar surface area (TPSA) is 133 Å². The molecular weight excluding hydrogens is 481 g/mol. The summed E-state index contributed by atoms with van der Waals surface area (Å²) in [5, 5.41) is 20.8. The molecule has 1 saturated heterocycles. The number of sulfone groups is 1. The van der Waals surface area contributed by atoms with Gasteiger partial charge in [0.25, 0.3) is 5.91 Å². The molecule has 34 heavy (non-hydrogen) atoms. The van der Waals surface area contributed by atoms with Crippen LogP contribution >= 0.6 is 0 Å². The number of hydrogen-bond acceptors (Lipinski definition) is 7. The van der Waals surface area contributed by atoms with E-state index in [1.807, 2.05) is 0 Å². The minimum absolute atomic E-state index is 0.112. The number of aliphatic carboxylic acids is 1. The highest BCUT2D eigenvalue weighted by atomic mass is 32.2. The molecule has 2 rings (SSSR count). The van der Waals surface area contributed by atoms with Crippen molar-refractivity contribution < 1.29 is 46.2 Å². The Morgan fingerprint density at radius 3 is 2.18 bits per heavy atom. The standard InChI is InChI=1S/C19H26N2O5S.C2HF3O2/c1-3-5-14-26-16-6-8-17(9-7-16)27(24,25)15-19(10-12-20-13-11-19)18(22)21(23)4-2;3-2(4,5)1(6)7/h6-9,20,23H,4,10-15H2,1-2H3;(H,6,7). The van der Waals surface area contributed by atoms with Crippen LogP contribution in [0.15, 0.2) is 29.2 Å². The first-order valence-corrected chi connectivity index (χ1v) is 11.8. The van der Waals surface area contributed by atoms with Crippen LogP contribution in [0.2, 0.25) is 0 Å². The van der Waals surface area contributed by atoms with Gasteiger partial charge in [0.2, 0.25) is 0 Å². The van der Waals surface area contributed by atoms with Gasteiger partial charge in [0.15, 0.2) is 9.84 Å². The van der Waals surface area contributed by atoms with Crippen molar-refractivity contribution in [2.75, 3.05) is 32.0 Å². The summed E-state index contributed by atoms with van der Waals surface area (Å²) in [4.78, 5) is 21.7. The first-order valence-electron chi connectivity index (χ1n) is 10.2. The number of nitrogens with zero attached hydrogens (tertiary/aromatic N) is 1. The molecule has 9 nitrogen and oxygen atoms in total. The summed E-state index contributed by atoms with van der Waals surface area (Å²) in [7, 11) is -3.72. The molecule has 0 bridgehead atoms. The van der Waals surface area contributed by atoms with Crippen LogP contribution in [0.4, 0.5) is 13.2 Å². The number of benzene rings is 1. The number of carboxylic acids is 1. The molecule has 3 N–H and O–H groups in total. The maximum Gasteiger partial charge on any atom is 0.490 e. The number of halogens is 3. The molecule has 0 aromatic heterocycles. The number of alkyl halides is 3. The second kappa shape index (κ2) is 12.6. The largest absolute Gasteiger partial charge is 0.490 e. The normalized spacial score (nSPS) is 15.1. The second-order valence-electron chi connectivity index (χ2n) is 7.30. The van der Waals surface area contributed by atoms with E-state index < -0.39 is 33.3 Å². The Bertz CT molecular complexity index is 994. The summed E-state index contributed by atoms with van der Waals surface area (Å²) >= 11 is 0. The maximum absolute atomic E-state index is 13.0. The third kappa shape index (κ3) is 8.51. The summed E-state index contributed by atoms with van der Waals surface area (Å²) in [5.41, 5.74) is -1.12. The minimum Gasteiger partial charge on any atom is -0.481 e. The Morgan fingerprint density at radius 1 is 1.21 bits per heavy atom. The molecular formula is C21H27F3N2O7S. The van der Waals surface area contributed by atoms with Crippen LogP contribution in [0.1, 0.15) is 26.7 Å². The van der Waals surface area contributed by atoms with Gasteiger partial charge in [0, 0.05) is 6.54 Å². The fourth-order valence-electron chi connectivity index (χ4n) is 3.12. The lowest BCUT2D eigenvalue weighted by atomic mass is 9.79. The highest BCUT2D eigenvalue weighted by molar-refractivity contribution is 7.91. The van der Waals surface area contributed by atoms with Crippen molar-refractivity contribution in [1.29, 1.82) is 0 Å². The molecule has 0 radical (unpaired) electrons. The van der Waals surface area contributed by atoms with Crippen LogP contribution in [-0.4, -0.2) is 73.8 Å². The van der Waals surface area contributed by atoms with Crippen LogP contribution in [-0.2, 0) is 19.4 Å². The third-order valence-electron chi connectivity index (χ3n) is 4.93. The lowest BCUT2D eigenvalue weighted by Gasteiger charge is -2.37. The molecule has 0 saturated carbocycles. The van der Waals surface area contributed by atoms with E-state index in [-0.39, 0.29) is 23.8 Å². The van der Waals surface area contributed by atoms with E-state index in [1.54, 1.807) is 26.0 Å². The Morgan fingerprint density at radius 2 is 1.74 bits per heavy atom. The van der Waals surface area contributed by atoms with Gasteiger partial charge in [-0.3, -0.25) is 10.0 Å². The zero-order chi connectivity index (χ0) is 26.0. The molecule has 1 fully saturated rings. The number of piperidine rings is 1. The van der Waals surface area contributed by atoms with Crippen molar-refractivity contribution >= 4 is 21.7 Å². The Labute approximate surface area is 195 Å². The smallest absolute Gasteiger partial charge is 0.481 e. The number of hydrogen-bond donors (Lipinski definition) is 3.